The number of rotatable bonds is 0. The molecular formula is C8H7ClN2. The highest BCUT2D eigenvalue weighted by atomic mass is 35.5. The molecule has 2 rings (SSSR count). The smallest absolute Gasteiger partial charge is 0.0677 e. The monoisotopic (exact) mass is 166 g/mol. The number of H-pyrrole nitrogens is 1. The van der Waals surface area contributed by atoms with E-state index >= 15 is 0 Å². The first-order chi connectivity index (χ1) is 5.29. The van der Waals surface area contributed by atoms with Gasteiger partial charge in [-0.1, -0.05) is 11.6 Å². The minimum absolute atomic E-state index is 0.741. The van der Waals surface area contributed by atoms with Crippen LogP contribution in [0, 0.1) is 6.92 Å². The zero-order valence-corrected chi connectivity index (χ0v) is 6.81. The summed E-state index contributed by atoms with van der Waals surface area (Å²) in [6.45, 7) is 1.95. The zero-order valence-electron chi connectivity index (χ0n) is 6.06. The predicted octanol–water partition coefficient (Wildman–Crippen LogP) is 2.52. The molecule has 0 spiro atoms. The minimum Gasteiger partial charge on any atom is -0.360 e. The van der Waals surface area contributed by atoms with Crippen LogP contribution in [0.4, 0.5) is 0 Å². The molecule has 0 aliphatic heterocycles. The third-order valence-corrected chi connectivity index (χ3v) is 2.03. The molecular weight excluding hydrogens is 160 g/mol. The fourth-order valence-electron chi connectivity index (χ4n) is 1.20. The predicted molar refractivity (Wildman–Crippen MR) is 45.8 cm³/mol. The van der Waals surface area contributed by atoms with Crippen molar-refractivity contribution in [3.63, 3.8) is 0 Å². The number of hydrogen-bond donors (Lipinski definition) is 1. The van der Waals surface area contributed by atoms with Gasteiger partial charge in [0.25, 0.3) is 0 Å². The van der Waals surface area contributed by atoms with Crippen LogP contribution in [0.2, 0.25) is 5.02 Å². The number of aryl methyl sites for hydroxylation is 1. The first-order valence-corrected chi connectivity index (χ1v) is 3.75. The number of nitrogens with zero attached hydrogens (tertiary/aromatic N) is 1. The highest BCUT2D eigenvalue weighted by Crippen LogP contribution is 2.23. The van der Waals surface area contributed by atoms with Gasteiger partial charge in [-0.3, -0.25) is 4.98 Å². The average molecular weight is 167 g/mol. The van der Waals surface area contributed by atoms with Gasteiger partial charge in [-0.15, -0.1) is 0 Å². The molecule has 0 saturated heterocycles. The van der Waals surface area contributed by atoms with Crippen LogP contribution in [0.3, 0.4) is 0 Å². The third kappa shape index (κ3) is 0.906. The van der Waals surface area contributed by atoms with Gasteiger partial charge in [0.15, 0.2) is 0 Å². The molecule has 0 radical (unpaired) electrons. The van der Waals surface area contributed by atoms with Crippen LogP contribution >= 0.6 is 11.6 Å². The molecule has 0 amide bonds. The molecule has 0 aliphatic carbocycles. The first kappa shape index (κ1) is 6.68. The van der Waals surface area contributed by atoms with Gasteiger partial charge < -0.3 is 4.98 Å². The summed E-state index contributed by atoms with van der Waals surface area (Å²) in [7, 11) is 0. The molecule has 3 heteroatoms. The van der Waals surface area contributed by atoms with Crippen molar-refractivity contribution in [2.45, 2.75) is 6.92 Å². The van der Waals surface area contributed by atoms with E-state index in [1.807, 2.05) is 13.0 Å². The Labute approximate surface area is 69.2 Å². The second-order valence-electron chi connectivity index (χ2n) is 2.46. The highest BCUT2D eigenvalue weighted by Gasteiger charge is 2.02. The summed E-state index contributed by atoms with van der Waals surface area (Å²) >= 11 is 5.91. The van der Waals surface area contributed by atoms with Crippen LogP contribution in [0.15, 0.2) is 18.5 Å². The summed E-state index contributed by atoms with van der Waals surface area (Å²) in [6, 6.07) is 1.91. The van der Waals surface area contributed by atoms with E-state index in [2.05, 4.69) is 9.97 Å². The Balaban J connectivity index is 2.96. The molecule has 0 bridgehead atoms. The number of pyridine rings is 1. The number of aromatic amines is 1. The van der Waals surface area contributed by atoms with Crippen LogP contribution in [-0.4, -0.2) is 9.97 Å². The van der Waals surface area contributed by atoms with Gasteiger partial charge in [0, 0.05) is 23.5 Å². The molecule has 0 unspecified atom stereocenters. The lowest BCUT2D eigenvalue weighted by Crippen LogP contribution is -1.79. The fraction of sp³-hybridized carbons (Fsp3) is 0.125. The molecule has 1 N–H and O–H groups in total. The van der Waals surface area contributed by atoms with Crippen molar-refractivity contribution < 1.29 is 0 Å². The fourth-order valence-corrected chi connectivity index (χ4v) is 1.49. The van der Waals surface area contributed by atoms with E-state index in [1.165, 1.54) is 0 Å². The van der Waals surface area contributed by atoms with Gasteiger partial charge in [-0.25, -0.2) is 0 Å². The molecule has 2 aromatic heterocycles. The van der Waals surface area contributed by atoms with Crippen molar-refractivity contribution in [1.29, 1.82) is 0 Å². The quantitative estimate of drug-likeness (QED) is 0.640. The van der Waals surface area contributed by atoms with E-state index in [0.717, 1.165) is 21.6 Å². The van der Waals surface area contributed by atoms with E-state index in [0.29, 0.717) is 0 Å². The normalized spacial score (nSPS) is 10.7. The maximum absolute atomic E-state index is 5.91. The highest BCUT2D eigenvalue weighted by molar-refractivity contribution is 6.35. The molecule has 2 nitrogen and oxygen atoms in total. The lowest BCUT2D eigenvalue weighted by atomic mass is 10.2. The second kappa shape index (κ2) is 2.24. The summed E-state index contributed by atoms with van der Waals surface area (Å²) < 4.78 is 0. The Morgan fingerprint density at radius 1 is 1.55 bits per heavy atom. The molecule has 0 fully saturated rings. The zero-order chi connectivity index (χ0) is 7.84. The number of nitrogens with one attached hydrogen (secondary N) is 1. The maximum Gasteiger partial charge on any atom is 0.0677 e. The molecule has 0 atom stereocenters. The molecule has 2 aromatic rings. The molecule has 0 saturated carbocycles. The van der Waals surface area contributed by atoms with Crippen LogP contribution in [0.5, 0.6) is 0 Å². The van der Waals surface area contributed by atoms with Gasteiger partial charge in [-0.2, -0.15) is 0 Å². The molecule has 11 heavy (non-hydrogen) atoms. The Morgan fingerprint density at radius 2 is 2.36 bits per heavy atom. The maximum atomic E-state index is 5.91. The molecule has 56 valence electrons. The van der Waals surface area contributed by atoms with Crippen LogP contribution in [0.1, 0.15) is 5.69 Å². The van der Waals surface area contributed by atoms with Crippen LogP contribution < -0.4 is 0 Å². The van der Waals surface area contributed by atoms with Gasteiger partial charge in [0.1, 0.15) is 0 Å². The molecule has 0 aliphatic rings. The molecule has 0 aromatic carbocycles. The minimum atomic E-state index is 0.741. The Morgan fingerprint density at radius 3 is 3.09 bits per heavy atom. The average Bonchev–Trinajstić information content (AvgIpc) is 2.34. The van der Waals surface area contributed by atoms with E-state index in [4.69, 9.17) is 11.6 Å². The first-order valence-electron chi connectivity index (χ1n) is 3.37. The van der Waals surface area contributed by atoms with Crippen molar-refractivity contribution in [1.82, 2.24) is 9.97 Å². The van der Waals surface area contributed by atoms with Gasteiger partial charge in [0.2, 0.25) is 0 Å². The summed E-state index contributed by atoms with van der Waals surface area (Å²) in [5.74, 6) is 0. The lowest BCUT2D eigenvalue weighted by molar-refractivity contribution is 1.24. The van der Waals surface area contributed by atoms with E-state index in [-0.39, 0.29) is 0 Å². The number of aromatic nitrogens is 2. The Bertz CT molecular complexity index is 392. The van der Waals surface area contributed by atoms with Crippen LogP contribution in [0.25, 0.3) is 10.9 Å². The second-order valence-corrected chi connectivity index (χ2v) is 2.86. The topological polar surface area (TPSA) is 28.7 Å². The summed E-state index contributed by atoms with van der Waals surface area (Å²) in [4.78, 5) is 7.19. The van der Waals surface area contributed by atoms with Gasteiger partial charge in [0.05, 0.1) is 10.5 Å². The van der Waals surface area contributed by atoms with E-state index < -0.39 is 0 Å². The van der Waals surface area contributed by atoms with E-state index in [1.54, 1.807) is 12.4 Å². The summed E-state index contributed by atoms with van der Waals surface area (Å²) in [5.41, 5.74) is 2.01. The number of hydrogen-bond acceptors (Lipinski definition) is 1. The Hall–Kier alpha value is -1.02. The SMILES string of the molecule is Cc1nccc2[nH]cc(Cl)c12. The summed E-state index contributed by atoms with van der Waals surface area (Å²) in [6.07, 6.45) is 3.55. The van der Waals surface area contributed by atoms with Gasteiger partial charge >= 0.3 is 0 Å². The van der Waals surface area contributed by atoms with Gasteiger partial charge in [-0.05, 0) is 13.0 Å². The number of halogens is 1. The van der Waals surface area contributed by atoms with E-state index in [9.17, 15) is 0 Å². The summed E-state index contributed by atoms with van der Waals surface area (Å²) in [5, 5.41) is 1.76. The Kier molecular flexibility index (Phi) is 1.36. The number of fused-ring (bicyclic) bond motifs is 1. The third-order valence-electron chi connectivity index (χ3n) is 1.73. The van der Waals surface area contributed by atoms with Crippen molar-refractivity contribution in [2.24, 2.45) is 0 Å². The van der Waals surface area contributed by atoms with Crippen molar-refractivity contribution in [3.8, 4) is 0 Å². The van der Waals surface area contributed by atoms with Crippen molar-refractivity contribution >= 4 is 22.5 Å². The standard InChI is InChI=1S/C8H7ClN2/c1-5-8-6(9)4-11-7(8)2-3-10-5/h2-4,11H,1H3. The van der Waals surface area contributed by atoms with Crippen LogP contribution in [-0.2, 0) is 0 Å². The molecule has 2 heterocycles. The lowest BCUT2D eigenvalue weighted by Gasteiger charge is -1.93. The largest absolute Gasteiger partial charge is 0.360 e. The van der Waals surface area contributed by atoms with Crippen molar-refractivity contribution in [3.05, 3.63) is 29.2 Å². The van der Waals surface area contributed by atoms with Crippen molar-refractivity contribution in [2.75, 3.05) is 0 Å².